The van der Waals surface area contributed by atoms with Gasteiger partial charge < -0.3 is 0 Å². The normalized spacial score (nSPS) is 21.4. The van der Waals surface area contributed by atoms with Crippen molar-refractivity contribution in [3.05, 3.63) is 36.0 Å². The molecule has 0 saturated carbocycles. The molecule has 0 amide bonds. The summed E-state index contributed by atoms with van der Waals surface area (Å²) in [6.07, 6.45) is 11.6. The third kappa shape index (κ3) is 3.63. The highest BCUT2D eigenvalue weighted by molar-refractivity contribution is 5.20. The van der Waals surface area contributed by atoms with Crippen molar-refractivity contribution in [2.24, 2.45) is 5.92 Å². The van der Waals surface area contributed by atoms with E-state index in [0.717, 1.165) is 5.92 Å². The van der Waals surface area contributed by atoms with Gasteiger partial charge in [0, 0.05) is 0 Å². The lowest BCUT2D eigenvalue weighted by Crippen LogP contribution is -2.01. The van der Waals surface area contributed by atoms with Crippen molar-refractivity contribution in [2.75, 3.05) is 0 Å². The predicted octanol–water partition coefficient (Wildman–Crippen LogP) is 4.26. The molecule has 0 heterocycles. The maximum absolute atomic E-state index is 3.92. The van der Waals surface area contributed by atoms with E-state index in [2.05, 4.69) is 38.7 Å². The third-order valence-electron chi connectivity index (χ3n) is 2.64. The summed E-state index contributed by atoms with van der Waals surface area (Å²) in [6.45, 7) is 8.35. The molecule has 1 atom stereocenters. The predicted molar refractivity (Wildman–Crippen MR) is 59.7 cm³/mol. The lowest BCUT2D eigenvalue weighted by Gasteiger charge is -2.16. The van der Waals surface area contributed by atoms with Crippen LogP contribution in [0.2, 0.25) is 0 Å². The van der Waals surface area contributed by atoms with Crippen LogP contribution in [0, 0.1) is 5.92 Å². The molecule has 0 fully saturated rings. The minimum atomic E-state index is 0.759. The van der Waals surface area contributed by atoms with Gasteiger partial charge in [0.25, 0.3) is 0 Å². The SMILES string of the molecule is C=C(C)CCCC1=CC=CCC1C. The lowest BCUT2D eigenvalue weighted by atomic mass is 9.89. The van der Waals surface area contributed by atoms with Gasteiger partial charge in [-0.1, -0.05) is 36.3 Å². The van der Waals surface area contributed by atoms with Crippen LogP contribution in [0.3, 0.4) is 0 Å². The second-order valence-corrected chi connectivity index (χ2v) is 4.12. The van der Waals surface area contributed by atoms with Crippen LogP contribution in [0.4, 0.5) is 0 Å². The zero-order valence-corrected chi connectivity index (χ0v) is 8.84. The molecule has 1 unspecified atom stereocenters. The smallest absolute Gasteiger partial charge is 0.0194 e. The first-order chi connectivity index (χ1) is 6.20. The minimum Gasteiger partial charge on any atom is -0.100 e. The van der Waals surface area contributed by atoms with E-state index in [1.807, 2.05) is 0 Å². The molecule has 0 spiro atoms. The average molecular weight is 176 g/mol. The molecule has 0 saturated heterocycles. The quantitative estimate of drug-likeness (QED) is 0.561. The summed E-state index contributed by atoms with van der Waals surface area (Å²) < 4.78 is 0. The Morgan fingerprint density at radius 2 is 2.38 bits per heavy atom. The maximum atomic E-state index is 3.92. The van der Waals surface area contributed by atoms with Crippen LogP contribution < -0.4 is 0 Å². The second kappa shape index (κ2) is 5.06. The minimum absolute atomic E-state index is 0.759. The summed E-state index contributed by atoms with van der Waals surface area (Å²) in [5.74, 6) is 0.759. The highest BCUT2D eigenvalue weighted by Crippen LogP contribution is 2.24. The van der Waals surface area contributed by atoms with Crippen LogP contribution in [0.1, 0.15) is 39.5 Å². The van der Waals surface area contributed by atoms with Gasteiger partial charge in [-0.25, -0.2) is 0 Å². The third-order valence-corrected chi connectivity index (χ3v) is 2.64. The van der Waals surface area contributed by atoms with Crippen molar-refractivity contribution >= 4 is 0 Å². The van der Waals surface area contributed by atoms with Gasteiger partial charge in [-0.3, -0.25) is 0 Å². The lowest BCUT2D eigenvalue weighted by molar-refractivity contribution is 0.629. The Morgan fingerprint density at radius 3 is 3.00 bits per heavy atom. The van der Waals surface area contributed by atoms with Crippen LogP contribution in [-0.2, 0) is 0 Å². The van der Waals surface area contributed by atoms with Gasteiger partial charge in [0.15, 0.2) is 0 Å². The fraction of sp³-hybridized carbons (Fsp3) is 0.538. The highest BCUT2D eigenvalue weighted by atomic mass is 14.1. The van der Waals surface area contributed by atoms with E-state index in [-0.39, 0.29) is 0 Å². The molecular formula is C13H20. The highest BCUT2D eigenvalue weighted by Gasteiger charge is 2.08. The topological polar surface area (TPSA) is 0 Å². The first-order valence-electron chi connectivity index (χ1n) is 5.20. The summed E-state index contributed by atoms with van der Waals surface area (Å²) in [5, 5.41) is 0. The van der Waals surface area contributed by atoms with E-state index < -0.39 is 0 Å². The standard InChI is InChI=1S/C13H20/c1-11(2)7-6-10-13-9-5-4-8-12(13)3/h4-5,9,12H,1,6-8,10H2,2-3H3. The van der Waals surface area contributed by atoms with Gasteiger partial charge in [-0.15, -0.1) is 6.58 Å². The molecular weight excluding hydrogens is 156 g/mol. The molecule has 0 aliphatic heterocycles. The molecule has 1 aliphatic carbocycles. The summed E-state index contributed by atoms with van der Waals surface area (Å²) in [7, 11) is 0. The molecule has 0 radical (unpaired) electrons. The van der Waals surface area contributed by atoms with Crippen molar-refractivity contribution in [2.45, 2.75) is 39.5 Å². The van der Waals surface area contributed by atoms with Crippen LogP contribution in [0.5, 0.6) is 0 Å². The summed E-state index contributed by atoms with van der Waals surface area (Å²) in [4.78, 5) is 0. The number of rotatable bonds is 4. The van der Waals surface area contributed by atoms with Gasteiger partial charge in [-0.05, 0) is 38.5 Å². The molecule has 13 heavy (non-hydrogen) atoms. The Bertz CT molecular complexity index is 230. The molecule has 0 N–H and O–H groups in total. The number of hydrogen-bond acceptors (Lipinski definition) is 0. The summed E-state index contributed by atoms with van der Waals surface area (Å²) in [6, 6.07) is 0. The van der Waals surface area contributed by atoms with Crippen LogP contribution >= 0.6 is 0 Å². The van der Waals surface area contributed by atoms with Crippen molar-refractivity contribution in [3.8, 4) is 0 Å². The number of allylic oxidation sites excluding steroid dienone is 5. The largest absolute Gasteiger partial charge is 0.100 e. The molecule has 1 rings (SSSR count). The maximum Gasteiger partial charge on any atom is -0.0194 e. The van der Waals surface area contributed by atoms with Crippen LogP contribution in [-0.4, -0.2) is 0 Å². The van der Waals surface area contributed by atoms with E-state index in [1.165, 1.54) is 31.3 Å². The van der Waals surface area contributed by atoms with Crippen molar-refractivity contribution < 1.29 is 0 Å². The monoisotopic (exact) mass is 176 g/mol. The Kier molecular flexibility index (Phi) is 4.01. The van der Waals surface area contributed by atoms with Crippen LogP contribution in [0.25, 0.3) is 0 Å². The molecule has 0 aromatic carbocycles. The van der Waals surface area contributed by atoms with E-state index >= 15 is 0 Å². The molecule has 0 heteroatoms. The Hall–Kier alpha value is -0.780. The second-order valence-electron chi connectivity index (χ2n) is 4.12. The van der Waals surface area contributed by atoms with Crippen molar-refractivity contribution in [3.63, 3.8) is 0 Å². The van der Waals surface area contributed by atoms with Crippen molar-refractivity contribution in [1.29, 1.82) is 0 Å². The Morgan fingerprint density at radius 1 is 1.62 bits per heavy atom. The van der Waals surface area contributed by atoms with E-state index in [9.17, 15) is 0 Å². The van der Waals surface area contributed by atoms with Gasteiger partial charge >= 0.3 is 0 Å². The zero-order chi connectivity index (χ0) is 9.68. The average Bonchev–Trinajstić information content (AvgIpc) is 2.08. The van der Waals surface area contributed by atoms with Gasteiger partial charge in [0.2, 0.25) is 0 Å². The first kappa shape index (κ1) is 10.3. The Balaban J connectivity index is 2.31. The van der Waals surface area contributed by atoms with Gasteiger partial charge in [0.1, 0.15) is 0 Å². The Labute approximate surface area is 82.0 Å². The number of hydrogen-bond donors (Lipinski definition) is 0. The molecule has 72 valence electrons. The zero-order valence-electron chi connectivity index (χ0n) is 8.84. The van der Waals surface area contributed by atoms with Crippen molar-refractivity contribution in [1.82, 2.24) is 0 Å². The summed E-state index contributed by atoms with van der Waals surface area (Å²) in [5.41, 5.74) is 2.92. The van der Waals surface area contributed by atoms with Gasteiger partial charge in [-0.2, -0.15) is 0 Å². The van der Waals surface area contributed by atoms with E-state index in [0.29, 0.717) is 0 Å². The first-order valence-corrected chi connectivity index (χ1v) is 5.20. The molecule has 0 bridgehead atoms. The fourth-order valence-electron chi connectivity index (χ4n) is 1.71. The molecule has 1 aliphatic rings. The molecule has 0 nitrogen and oxygen atoms in total. The van der Waals surface area contributed by atoms with Crippen LogP contribution in [0.15, 0.2) is 36.0 Å². The molecule has 0 aromatic heterocycles. The van der Waals surface area contributed by atoms with E-state index in [4.69, 9.17) is 0 Å². The molecule has 0 aromatic rings. The van der Waals surface area contributed by atoms with Gasteiger partial charge in [0.05, 0.1) is 0 Å². The fourth-order valence-corrected chi connectivity index (χ4v) is 1.71. The summed E-state index contributed by atoms with van der Waals surface area (Å²) >= 11 is 0. The van der Waals surface area contributed by atoms with E-state index in [1.54, 1.807) is 5.57 Å².